The molecule has 8 atom stereocenters. The third kappa shape index (κ3) is 19.3. The first-order chi connectivity index (χ1) is 27.6. The van der Waals surface area contributed by atoms with Gasteiger partial charge in [0, 0.05) is 16.6 Å². The molecule has 0 saturated carbocycles. The number of hydrogen-bond acceptors (Lipinski definition) is 14. The van der Waals surface area contributed by atoms with Gasteiger partial charge >= 0.3 is 11.9 Å². The molecule has 0 N–H and O–H groups in total. The van der Waals surface area contributed by atoms with Crippen molar-refractivity contribution < 1.29 is 66.4 Å². The number of benzene rings is 2. The van der Waals surface area contributed by atoms with Crippen LogP contribution in [0.2, 0.25) is 10.0 Å². The summed E-state index contributed by atoms with van der Waals surface area (Å²) in [5.41, 5.74) is 1.97. The van der Waals surface area contributed by atoms with E-state index in [1.165, 1.54) is 0 Å². The van der Waals surface area contributed by atoms with Gasteiger partial charge in [0.15, 0.2) is 50.3 Å². The minimum Gasteiger partial charge on any atom is -0.464 e. The van der Waals surface area contributed by atoms with Crippen LogP contribution in [-0.4, -0.2) is 88.7 Å². The van der Waals surface area contributed by atoms with Crippen LogP contribution in [0.25, 0.3) is 0 Å². The van der Waals surface area contributed by atoms with E-state index in [-0.39, 0.29) is 26.4 Å². The quantitative estimate of drug-likeness (QED) is 0.0347. The third-order valence-electron chi connectivity index (χ3n) is 8.23. The number of hydrogen-bond donors (Lipinski definition) is 0. The molecule has 14 nitrogen and oxygen atoms in total. The van der Waals surface area contributed by atoms with Crippen molar-refractivity contribution in [1.29, 1.82) is 0 Å². The maximum atomic E-state index is 11.5. The Bertz CT molecular complexity index is 1530. The van der Waals surface area contributed by atoms with Gasteiger partial charge in [0.1, 0.15) is 24.7 Å². The van der Waals surface area contributed by atoms with Gasteiger partial charge in [0.2, 0.25) is 0 Å². The molecule has 0 aliphatic rings. The summed E-state index contributed by atoms with van der Waals surface area (Å²) in [5, 5.41) is 0.792. The van der Waals surface area contributed by atoms with Crippen LogP contribution in [0.1, 0.15) is 94.2 Å². The zero-order chi connectivity index (χ0) is 44.4. The monoisotopic (exact) mass is 872 g/mol. The van der Waals surface area contributed by atoms with Gasteiger partial charge in [-0.3, -0.25) is 0 Å². The van der Waals surface area contributed by atoms with Crippen molar-refractivity contribution >= 4 is 35.1 Å². The lowest BCUT2D eigenvalue weighted by molar-refractivity contribution is -0.299. The Morgan fingerprint density at radius 3 is 1.14 bits per heavy atom. The molecule has 16 heteroatoms. The average Bonchev–Trinajstić information content (AvgIpc) is 3.12. The van der Waals surface area contributed by atoms with E-state index in [1.54, 1.807) is 81.4 Å². The molecule has 332 valence electrons. The lowest BCUT2D eigenvalue weighted by atomic mass is 9.78. The molecule has 0 radical (unpaired) electrons. The summed E-state index contributed by atoms with van der Waals surface area (Å²) in [5.74, 6) is -0.0913. The van der Waals surface area contributed by atoms with Crippen LogP contribution in [0.15, 0.2) is 60.7 Å². The Kier molecular flexibility index (Phi) is 22.4. The van der Waals surface area contributed by atoms with E-state index in [0.29, 0.717) is 32.7 Å². The highest BCUT2D eigenvalue weighted by Crippen LogP contribution is 2.39. The van der Waals surface area contributed by atoms with Crippen LogP contribution in [0.3, 0.4) is 0 Å². The van der Waals surface area contributed by atoms with Crippen LogP contribution in [-0.2, 0) is 62.4 Å². The Hall–Kier alpha value is -3.28. The molecule has 0 aliphatic carbocycles. The lowest BCUT2D eigenvalue weighted by Gasteiger charge is -2.28. The van der Waals surface area contributed by atoms with Crippen LogP contribution < -0.4 is 9.47 Å². The first kappa shape index (κ1) is 51.9. The first-order valence-corrected chi connectivity index (χ1v) is 20.1. The fraction of sp³-hybridized carbons (Fsp3) is 0.581. The number of carbonyl (C=O) groups excluding carboxylic acids is 2. The zero-order valence-corrected chi connectivity index (χ0v) is 37.8. The Balaban J connectivity index is 1.85. The summed E-state index contributed by atoms with van der Waals surface area (Å²) >= 11 is 13.4. The topological polar surface area (TPSA) is 145 Å². The molecule has 59 heavy (non-hydrogen) atoms. The van der Waals surface area contributed by atoms with Crippen molar-refractivity contribution in [2.75, 3.05) is 26.4 Å². The molecule has 0 amide bonds. The van der Waals surface area contributed by atoms with Gasteiger partial charge in [-0.2, -0.15) is 0 Å². The number of esters is 2. The molecule has 0 aromatic heterocycles. The molecule has 0 heterocycles. The SMILES string of the molecule is C=C(C)C(=O)OCCOC(C)OC(C)OC(C)OC(C)Oc1ccc(C(C)(C)c2ccc(OC(C)OC(C)OC(C)OC(C)OCCOC(=O)C(=C)C)c(Cl)c2)cc1Cl. The molecule has 8 unspecified atom stereocenters. The standard InChI is InChI=1S/C43H62Cl2O14/c1-25(2)41(46)50-21-19-48-27(5)52-29(7)54-31(9)56-33(11)58-39-17-15-35(23-37(39)44)43(13,14)36-16-18-40(38(45)24-36)59-34(12)57-32(10)55-30(8)53-28(6)49-20-22-51-42(47)26(3)4/h15-18,23-24,27-34H,1,3,19-22H2,2,4-14H3. The first-order valence-electron chi connectivity index (χ1n) is 19.3. The van der Waals surface area contributed by atoms with Crippen molar-refractivity contribution in [3.05, 3.63) is 81.9 Å². The van der Waals surface area contributed by atoms with Gasteiger partial charge in [-0.25, -0.2) is 9.59 Å². The predicted octanol–water partition coefficient (Wildman–Crippen LogP) is 9.22. The molecular weight excluding hydrogens is 811 g/mol. The third-order valence-corrected chi connectivity index (χ3v) is 8.82. The number of ether oxygens (including phenoxy) is 12. The van der Waals surface area contributed by atoms with Gasteiger partial charge < -0.3 is 56.8 Å². The molecule has 2 rings (SSSR count). The van der Waals surface area contributed by atoms with E-state index in [2.05, 4.69) is 27.0 Å². The summed E-state index contributed by atoms with van der Waals surface area (Å²) in [6.45, 7) is 28.5. The highest BCUT2D eigenvalue weighted by Gasteiger charge is 2.27. The normalized spacial score (nSPS) is 15.8. The van der Waals surface area contributed by atoms with Crippen LogP contribution in [0, 0.1) is 0 Å². The van der Waals surface area contributed by atoms with Crippen LogP contribution in [0.5, 0.6) is 11.5 Å². The summed E-state index contributed by atoms with van der Waals surface area (Å²) in [4.78, 5) is 22.9. The molecule has 0 bridgehead atoms. The largest absolute Gasteiger partial charge is 0.464 e. The highest BCUT2D eigenvalue weighted by molar-refractivity contribution is 6.32. The van der Waals surface area contributed by atoms with E-state index in [9.17, 15) is 9.59 Å². The zero-order valence-electron chi connectivity index (χ0n) is 36.3. The molecular formula is C43H62Cl2O14. The van der Waals surface area contributed by atoms with Gasteiger partial charge in [-0.05, 0) is 105 Å². The van der Waals surface area contributed by atoms with E-state index < -0.39 is 67.7 Å². The summed E-state index contributed by atoms with van der Waals surface area (Å²) in [6, 6.07) is 11.1. The minimum atomic E-state index is -0.713. The summed E-state index contributed by atoms with van der Waals surface area (Å²) < 4.78 is 67.6. The van der Waals surface area contributed by atoms with Gasteiger partial charge in [0.05, 0.1) is 23.3 Å². The van der Waals surface area contributed by atoms with Crippen molar-refractivity contribution in [3.8, 4) is 11.5 Å². The second kappa shape index (κ2) is 25.5. The fourth-order valence-corrected chi connectivity index (χ4v) is 5.77. The highest BCUT2D eigenvalue weighted by atomic mass is 35.5. The van der Waals surface area contributed by atoms with Crippen molar-refractivity contribution in [2.24, 2.45) is 0 Å². The second-order valence-electron chi connectivity index (χ2n) is 14.1. The van der Waals surface area contributed by atoms with Crippen LogP contribution >= 0.6 is 23.2 Å². The fourth-order valence-electron chi connectivity index (χ4n) is 5.32. The molecule has 0 spiro atoms. The van der Waals surface area contributed by atoms with E-state index in [4.69, 9.17) is 80.0 Å². The molecule has 0 aliphatic heterocycles. The van der Waals surface area contributed by atoms with E-state index in [0.717, 1.165) is 11.1 Å². The predicted molar refractivity (Wildman–Crippen MR) is 222 cm³/mol. The number of rotatable bonds is 28. The molecule has 0 fully saturated rings. The maximum absolute atomic E-state index is 11.5. The maximum Gasteiger partial charge on any atom is 0.333 e. The van der Waals surface area contributed by atoms with Crippen LogP contribution in [0.4, 0.5) is 0 Å². The smallest absolute Gasteiger partial charge is 0.333 e. The van der Waals surface area contributed by atoms with Gasteiger partial charge in [-0.1, -0.05) is 62.3 Å². The molecule has 2 aromatic rings. The van der Waals surface area contributed by atoms with Crippen molar-refractivity contribution in [1.82, 2.24) is 0 Å². The molecule has 0 saturated heterocycles. The summed E-state index contributed by atoms with van der Waals surface area (Å²) in [6.07, 6.45) is -5.39. The Morgan fingerprint density at radius 1 is 0.525 bits per heavy atom. The van der Waals surface area contributed by atoms with Crippen molar-refractivity contribution in [2.45, 2.75) is 139 Å². The van der Waals surface area contributed by atoms with Gasteiger partial charge in [0.25, 0.3) is 0 Å². The number of halogens is 2. The minimum absolute atomic E-state index is 0.0754. The average molecular weight is 874 g/mol. The molecule has 2 aromatic carbocycles. The summed E-state index contributed by atoms with van der Waals surface area (Å²) in [7, 11) is 0. The van der Waals surface area contributed by atoms with Gasteiger partial charge in [-0.15, -0.1) is 0 Å². The Morgan fingerprint density at radius 2 is 0.831 bits per heavy atom. The second-order valence-corrected chi connectivity index (χ2v) is 14.9. The lowest BCUT2D eigenvalue weighted by Crippen LogP contribution is -2.31. The van der Waals surface area contributed by atoms with E-state index >= 15 is 0 Å². The van der Waals surface area contributed by atoms with Crippen molar-refractivity contribution in [3.63, 3.8) is 0 Å². The number of carbonyl (C=O) groups is 2. The Labute approximate surface area is 359 Å². The van der Waals surface area contributed by atoms with E-state index in [1.807, 2.05) is 24.3 Å².